The molecule has 1 rings (SSSR count). The summed E-state index contributed by atoms with van der Waals surface area (Å²) in [7, 11) is 0. The summed E-state index contributed by atoms with van der Waals surface area (Å²) in [6.45, 7) is 1.56. The van der Waals surface area contributed by atoms with Gasteiger partial charge in [-0.05, 0) is 34.5 Å². The van der Waals surface area contributed by atoms with E-state index >= 15 is 0 Å². The molecule has 0 aliphatic carbocycles. The quantitative estimate of drug-likeness (QED) is 0.764. The molecule has 1 amide bonds. The molecule has 94 valence electrons. The summed E-state index contributed by atoms with van der Waals surface area (Å²) in [5, 5.41) is 19.9. The first kappa shape index (κ1) is 14.1. The first-order chi connectivity index (χ1) is 7.95. The van der Waals surface area contributed by atoms with E-state index in [-0.39, 0.29) is 13.0 Å². The number of carbonyl (C=O) groups is 2. The molecule has 17 heavy (non-hydrogen) atoms. The number of carboxylic acids is 1. The average molecular weight is 322 g/mol. The van der Waals surface area contributed by atoms with Crippen LogP contribution < -0.4 is 5.32 Å². The van der Waals surface area contributed by atoms with Gasteiger partial charge in [0, 0.05) is 13.0 Å². The van der Waals surface area contributed by atoms with E-state index in [1.54, 1.807) is 6.07 Å². The van der Waals surface area contributed by atoms with Gasteiger partial charge < -0.3 is 15.5 Å². The third-order valence-electron chi connectivity index (χ3n) is 2.10. The van der Waals surface area contributed by atoms with E-state index in [2.05, 4.69) is 21.2 Å². The predicted octanol–water partition coefficient (Wildman–Crippen LogP) is 1.38. The van der Waals surface area contributed by atoms with Gasteiger partial charge in [-0.2, -0.15) is 0 Å². The molecule has 3 N–H and O–H groups in total. The van der Waals surface area contributed by atoms with Gasteiger partial charge in [-0.15, -0.1) is 11.3 Å². The van der Waals surface area contributed by atoms with Crippen LogP contribution in [0.4, 0.5) is 0 Å². The van der Waals surface area contributed by atoms with Crippen LogP contribution in [-0.4, -0.2) is 34.7 Å². The van der Waals surface area contributed by atoms with Crippen molar-refractivity contribution in [3.05, 3.63) is 20.3 Å². The Morgan fingerprint density at radius 2 is 2.24 bits per heavy atom. The van der Waals surface area contributed by atoms with Crippen molar-refractivity contribution in [2.24, 2.45) is 0 Å². The van der Waals surface area contributed by atoms with Gasteiger partial charge in [0.25, 0.3) is 5.91 Å². The van der Waals surface area contributed by atoms with E-state index in [9.17, 15) is 9.59 Å². The third-order valence-corrected chi connectivity index (χ3v) is 4.24. The van der Waals surface area contributed by atoms with Crippen molar-refractivity contribution in [1.29, 1.82) is 0 Å². The van der Waals surface area contributed by atoms with Gasteiger partial charge in [0.2, 0.25) is 0 Å². The van der Waals surface area contributed by atoms with Crippen LogP contribution in [0.2, 0.25) is 0 Å². The van der Waals surface area contributed by atoms with Gasteiger partial charge in [0.1, 0.15) is 6.04 Å². The zero-order valence-electron chi connectivity index (χ0n) is 9.07. The topological polar surface area (TPSA) is 86.6 Å². The van der Waals surface area contributed by atoms with Gasteiger partial charge >= 0.3 is 5.97 Å². The number of aliphatic carboxylic acids is 1. The largest absolute Gasteiger partial charge is 0.480 e. The lowest BCUT2D eigenvalue weighted by molar-refractivity contribution is -0.139. The molecule has 1 atom stereocenters. The Morgan fingerprint density at radius 3 is 2.65 bits per heavy atom. The van der Waals surface area contributed by atoms with Gasteiger partial charge in [0.05, 0.1) is 8.66 Å². The van der Waals surface area contributed by atoms with Crippen LogP contribution in [0.15, 0.2) is 9.85 Å². The lowest BCUT2D eigenvalue weighted by atomic mass is 10.2. The zero-order chi connectivity index (χ0) is 13.0. The Kier molecular flexibility index (Phi) is 5.10. The number of halogens is 1. The molecule has 0 aliphatic heterocycles. The first-order valence-electron chi connectivity index (χ1n) is 4.86. The summed E-state index contributed by atoms with van der Waals surface area (Å²) >= 11 is 4.54. The highest BCUT2D eigenvalue weighted by molar-refractivity contribution is 9.11. The molecular formula is C10H12BrNO4S. The lowest BCUT2D eigenvalue weighted by Crippen LogP contribution is -2.41. The fourth-order valence-corrected chi connectivity index (χ4v) is 2.63. The van der Waals surface area contributed by atoms with Gasteiger partial charge in [-0.25, -0.2) is 4.79 Å². The molecule has 1 aromatic heterocycles. The SMILES string of the molecule is Cc1cc(C(=O)N[C@H](CCO)C(=O)O)sc1Br. The maximum absolute atomic E-state index is 11.7. The Morgan fingerprint density at radius 1 is 1.59 bits per heavy atom. The van der Waals surface area contributed by atoms with Gasteiger partial charge in [-0.3, -0.25) is 4.79 Å². The molecular weight excluding hydrogens is 310 g/mol. The first-order valence-corrected chi connectivity index (χ1v) is 6.47. The maximum Gasteiger partial charge on any atom is 0.326 e. The third kappa shape index (κ3) is 3.79. The number of hydrogen-bond acceptors (Lipinski definition) is 4. The number of carbonyl (C=O) groups excluding carboxylic acids is 1. The molecule has 1 aromatic rings. The van der Waals surface area contributed by atoms with Crippen LogP contribution in [0.25, 0.3) is 0 Å². The number of nitrogens with one attached hydrogen (secondary N) is 1. The monoisotopic (exact) mass is 321 g/mol. The Balaban J connectivity index is 2.73. The van der Waals surface area contributed by atoms with E-state index in [0.717, 1.165) is 9.35 Å². The summed E-state index contributed by atoms with van der Waals surface area (Å²) in [6, 6.07) is 0.621. The Labute approximate surface area is 111 Å². The fraction of sp³-hybridized carbons (Fsp3) is 0.400. The molecule has 0 aromatic carbocycles. The van der Waals surface area contributed by atoms with E-state index < -0.39 is 17.9 Å². The molecule has 0 aliphatic rings. The molecule has 0 saturated heterocycles. The Bertz CT molecular complexity index is 412. The molecule has 0 fully saturated rings. The number of aliphatic hydroxyl groups excluding tert-OH is 1. The molecule has 7 heteroatoms. The summed E-state index contributed by atoms with van der Waals surface area (Å²) in [6.07, 6.45) is -0.00734. The van der Waals surface area contributed by atoms with Crippen molar-refractivity contribution in [3.8, 4) is 0 Å². The minimum Gasteiger partial charge on any atom is -0.480 e. The molecule has 5 nitrogen and oxygen atoms in total. The van der Waals surface area contributed by atoms with Gasteiger partial charge in [-0.1, -0.05) is 0 Å². The molecule has 0 spiro atoms. The minimum atomic E-state index is -1.15. The highest BCUT2D eigenvalue weighted by Gasteiger charge is 2.21. The van der Waals surface area contributed by atoms with E-state index in [4.69, 9.17) is 10.2 Å². The highest BCUT2D eigenvalue weighted by Crippen LogP contribution is 2.27. The molecule has 0 unspecified atom stereocenters. The van der Waals surface area contributed by atoms with Crippen molar-refractivity contribution in [2.45, 2.75) is 19.4 Å². The highest BCUT2D eigenvalue weighted by atomic mass is 79.9. The standard InChI is InChI=1S/C10H12BrNO4S/c1-5-4-7(17-8(5)11)9(14)12-6(2-3-13)10(15)16/h4,6,13H,2-3H2,1H3,(H,12,14)(H,15,16)/t6-/m1/s1. The summed E-state index contributed by atoms with van der Waals surface area (Å²) in [4.78, 5) is 23.0. The Hall–Kier alpha value is -0.920. The second kappa shape index (κ2) is 6.13. The summed E-state index contributed by atoms with van der Waals surface area (Å²) in [5.74, 6) is -1.59. The maximum atomic E-state index is 11.7. The van der Waals surface area contributed by atoms with Crippen LogP contribution in [-0.2, 0) is 4.79 Å². The number of amides is 1. The normalized spacial score (nSPS) is 12.2. The molecule has 1 heterocycles. The predicted molar refractivity (Wildman–Crippen MR) is 67.3 cm³/mol. The van der Waals surface area contributed by atoms with Crippen molar-refractivity contribution in [2.75, 3.05) is 6.61 Å². The number of hydrogen-bond donors (Lipinski definition) is 3. The molecule has 0 saturated carbocycles. The number of carboxylic acid groups (broad SMARTS) is 1. The van der Waals surface area contributed by atoms with Crippen LogP contribution in [0.3, 0.4) is 0 Å². The van der Waals surface area contributed by atoms with Crippen LogP contribution in [0.1, 0.15) is 21.7 Å². The van der Waals surface area contributed by atoms with Crippen molar-refractivity contribution >= 4 is 39.1 Å². The zero-order valence-corrected chi connectivity index (χ0v) is 11.5. The van der Waals surface area contributed by atoms with Gasteiger partial charge in [0.15, 0.2) is 0 Å². The van der Waals surface area contributed by atoms with Crippen molar-refractivity contribution < 1.29 is 19.8 Å². The van der Waals surface area contributed by atoms with Crippen molar-refractivity contribution in [1.82, 2.24) is 5.32 Å². The van der Waals surface area contributed by atoms with E-state index in [1.165, 1.54) is 11.3 Å². The van der Waals surface area contributed by atoms with Crippen LogP contribution in [0, 0.1) is 6.92 Å². The van der Waals surface area contributed by atoms with Crippen LogP contribution in [0.5, 0.6) is 0 Å². The number of aryl methyl sites for hydroxylation is 1. The van der Waals surface area contributed by atoms with Crippen LogP contribution >= 0.6 is 27.3 Å². The lowest BCUT2D eigenvalue weighted by Gasteiger charge is -2.11. The number of rotatable bonds is 5. The smallest absolute Gasteiger partial charge is 0.326 e. The summed E-state index contributed by atoms with van der Waals surface area (Å²) < 4.78 is 0.844. The van der Waals surface area contributed by atoms with E-state index in [0.29, 0.717) is 4.88 Å². The molecule has 0 radical (unpaired) electrons. The van der Waals surface area contributed by atoms with Crippen molar-refractivity contribution in [3.63, 3.8) is 0 Å². The summed E-state index contributed by atoms with van der Waals surface area (Å²) in [5.41, 5.74) is 0.925. The second-order valence-corrected chi connectivity index (χ2v) is 5.81. The minimum absolute atomic E-state index is 0.00734. The fourth-order valence-electron chi connectivity index (χ4n) is 1.19. The molecule has 0 bridgehead atoms. The average Bonchev–Trinajstić information content (AvgIpc) is 2.58. The second-order valence-electron chi connectivity index (χ2n) is 3.44. The number of aliphatic hydroxyl groups is 1. The number of thiophene rings is 1. The van der Waals surface area contributed by atoms with E-state index in [1.807, 2.05) is 6.92 Å².